The van der Waals surface area contributed by atoms with Crippen molar-refractivity contribution in [3.8, 4) is 0 Å². The molecule has 5 nitrogen and oxygen atoms in total. The second-order valence-electron chi connectivity index (χ2n) is 5.78. The van der Waals surface area contributed by atoms with E-state index in [0.717, 1.165) is 6.42 Å². The fraction of sp³-hybridized carbons (Fsp3) is 0.846. The highest BCUT2D eigenvalue weighted by molar-refractivity contribution is 6.07. The molecule has 3 N–H and O–H groups in total. The number of rotatable bonds is 5. The Morgan fingerprint density at radius 1 is 1.61 bits per heavy atom. The van der Waals surface area contributed by atoms with E-state index in [2.05, 4.69) is 25.9 Å². The largest absolute Gasteiger partial charge is 0.409 e. The van der Waals surface area contributed by atoms with E-state index in [-0.39, 0.29) is 11.7 Å². The highest BCUT2D eigenvalue weighted by Crippen LogP contribution is 2.46. The van der Waals surface area contributed by atoms with Gasteiger partial charge >= 0.3 is 0 Å². The minimum Gasteiger partial charge on any atom is -0.409 e. The first-order chi connectivity index (χ1) is 8.37. The van der Waals surface area contributed by atoms with Crippen LogP contribution in [0.1, 0.15) is 40.0 Å². The number of nitrogens with two attached hydrogens (primary N) is 1. The first kappa shape index (κ1) is 14.8. The van der Waals surface area contributed by atoms with Crippen molar-refractivity contribution in [2.75, 3.05) is 13.6 Å². The Morgan fingerprint density at radius 3 is 2.56 bits per heavy atom. The fourth-order valence-electron chi connectivity index (χ4n) is 2.76. The normalized spacial score (nSPS) is 29.6. The van der Waals surface area contributed by atoms with Crippen molar-refractivity contribution in [2.45, 2.75) is 40.0 Å². The number of hydrogen-bond acceptors (Lipinski definition) is 3. The van der Waals surface area contributed by atoms with Crippen LogP contribution in [0.4, 0.5) is 0 Å². The molecular weight excluding hydrogens is 230 g/mol. The van der Waals surface area contributed by atoms with Crippen LogP contribution < -0.4 is 5.73 Å². The van der Waals surface area contributed by atoms with Gasteiger partial charge in [0.15, 0.2) is 5.84 Å². The molecule has 1 rings (SSSR count). The third kappa shape index (κ3) is 2.60. The van der Waals surface area contributed by atoms with Crippen LogP contribution in [0.2, 0.25) is 0 Å². The minimum atomic E-state index is -0.767. The van der Waals surface area contributed by atoms with Gasteiger partial charge < -0.3 is 15.8 Å². The maximum absolute atomic E-state index is 12.5. The number of amides is 1. The number of hydrogen-bond donors (Lipinski definition) is 2. The molecule has 1 unspecified atom stereocenters. The molecule has 0 radical (unpaired) electrons. The van der Waals surface area contributed by atoms with Gasteiger partial charge in [-0.05, 0) is 24.7 Å². The van der Waals surface area contributed by atoms with Crippen LogP contribution in [0.15, 0.2) is 5.16 Å². The maximum Gasteiger partial charge on any atom is 0.236 e. The van der Waals surface area contributed by atoms with Crippen LogP contribution in [0, 0.1) is 17.3 Å². The standard InChI is InChI=1S/C13H25N3O2/c1-5-9(2)8-16(4)12(17)13(11(14)15-18)6-10(3)7-13/h9-10,18H,5-8H2,1-4H3,(H2,14,15). The van der Waals surface area contributed by atoms with Crippen molar-refractivity contribution in [2.24, 2.45) is 28.1 Å². The van der Waals surface area contributed by atoms with Gasteiger partial charge in [0.05, 0.1) is 0 Å². The van der Waals surface area contributed by atoms with Gasteiger partial charge in [0, 0.05) is 13.6 Å². The highest BCUT2D eigenvalue weighted by atomic mass is 16.4. The van der Waals surface area contributed by atoms with Crippen molar-refractivity contribution in [3.05, 3.63) is 0 Å². The zero-order chi connectivity index (χ0) is 13.9. The van der Waals surface area contributed by atoms with E-state index in [4.69, 9.17) is 10.9 Å². The van der Waals surface area contributed by atoms with E-state index in [1.165, 1.54) is 0 Å². The van der Waals surface area contributed by atoms with Crippen LogP contribution in [0.5, 0.6) is 0 Å². The topological polar surface area (TPSA) is 78.9 Å². The van der Waals surface area contributed by atoms with Gasteiger partial charge in [-0.25, -0.2) is 0 Å². The van der Waals surface area contributed by atoms with Crippen molar-refractivity contribution >= 4 is 11.7 Å². The Labute approximate surface area is 109 Å². The molecule has 0 aromatic rings. The van der Waals surface area contributed by atoms with E-state index in [0.29, 0.717) is 31.2 Å². The summed E-state index contributed by atoms with van der Waals surface area (Å²) in [4.78, 5) is 14.2. The monoisotopic (exact) mass is 255 g/mol. The molecule has 1 amide bonds. The third-order valence-corrected chi connectivity index (χ3v) is 4.03. The number of carbonyl (C=O) groups excluding carboxylic acids is 1. The molecule has 0 aromatic heterocycles. The Morgan fingerprint density at radius 2 is 2.17 bits per heavy atom. The summed E-state index contributed by atoms with van der Waals surface area (Å²) in [6.45, 7) is 7.01. The zero-order valence-electron chi connectivity index (χ0n) is 11.8. The highest BCUT2D eigenvalue weighted by Gasteiger charge is 2.53. The Hall–Kier alpha value is -1.26. The van der Waals surface area contributed by atoms with Gasteiger partial charge in [-0.3, -0.25) is 4.79 Å². The van der Waals surface area contributed by atoms with Gasteiger partial charge in [-0.2, -0.15) is 0 Å². The van der Waals surface area contributed by atoms with Crippen molar-refractivity contribution in [1.82, 2.24) is 4.90 Å². The molecule has 0 aromatic carbocycles. The molecule has 104 valence electrons. The summed E-state index contributed by atoms with van der Waals surface area (Å²) in [6, 6.07) is 0. The summed E-state index contributed by atoms with van der Waals surface area (Å²) in [7, 11) is 1.80. The molecule has 18 heavy (non-hydrogen) atoms. The molecule has 5 heteroatoms. The van der Waals surface area contributed by atoms with Crippen LogP contribution >= 0.6 is 0 Å². The molecule has 1 fully saturated rings. The van der Waals surface area contributed by atoms with Crippen molar-refractivity contribution in [3.63, 3.8) is 0 Å². The number of nitrogens with zero attached hydrogens (tertiary/aromatic N) is 2. The lowest BCUT2D eigenvalue weighted by Crippen LogP contribution is -2.57. The summed E-state index contributed by atoms with van der Waals surface area (Å²) < 4.78 is 0. The van der Waals surface area contributed by atoms with Crippen molar-refractivity contribution in [1.29, 1.82) is 0 Å². The molecule has 0 heterocycles. The maximum atomic E-state index is 12.5. The lowest BCUT2D eigenvalue weighted by atomic mass is 9.61. The van der Waals surface area contributed by atoms with E-state index in [1.54, 1.807) is 11.9 Å². The van der Waals surface area contributed by atoms with Gasteiger partial charge in [0.1, 0.15) is 5.41 Å². The van der Waals surface area contributed by atoms with E-state index in [1.807, 2.05) is 0 Å². The van der Waals surface area contributed by atoms with Gasteiger partial charge in [-0.15, -0.1) is 0 Å². The first-order valence-corrected chi connectivity index (χ1v) is 6.61. The van der Waals surface area contributed by atoms with Crippen LogP contribution in [0.25, 0.3) is 0 Å². The average molecular weight is 255 g/mol. The van der Waals surface area contributed by atoms with Gasteiger partial charge in [-0.1, -0.05) is 32.3 Å². The van der Waals surface area contributed by atoms with Crippen molar-refractivity contribution < 1.29 is 10.0 Å². The Balaban J connectivity index is 2.79. The molecule has 1 saturated carbocycles. The molecule has 0 saturated heterocycles. The van der Waals surface area contributed by atoms with Crippen LogP contribution in [-0.2, 0) is 4.79 Å². The average Bonchev–Trinajstić information content (AvgIpc) is 2.32. The van der Waals surface area contributed by atoms with Crippen LogP contribution in [-0.4, -0.2) is 35.4 Å². The molecular formula is C13H25N3O2. The number of carbonyl (C=O) groups is 1. The molecule has 0 spiro atoms. The van der Waals surface area contributed by atoms with E-state index < -0.39 is 5.41 Å². The third-order valence-electron chi connectivity index (χ3n) is 4.03. The lowest BCUT2D eigenvalue weighted by molar-refractivity contribution is -0.143. The minimum absolute atomic E-state index is 0.0174. The lowest BCUT2D eigenvalue weighted by Gasteiger charge is -2.45. The quantitative estimate of drug-likeness (QED) is 0.339. The molecule has 1 atom stereocenters. The first-order valence-electron chi connectivity index (χ1n) is 6.61. The number of amidine groups is 1. The number of oxime groups is 1. The smallest absolute Gasteiger partial charge is 0.236 e. The Kier molecular flexibility index (Phi) is 4.59. The summed E-state index contributed by atoms with van der Waals surface area (Å²) >= 11 is 0. The van der Waals surface area contributed by atoms with Crippen LogP contribution in [0.3, 0.4) is 0 Å². The SMILES string of the molecule is CCC(C)CN(C)C(=O)C1(C(N)=NO)CC(C)C1. The Bertz CT molecular complexity index is 335. The summed E-state index contributed by atoms with van der Waals surface area (Å²) in [5, 5.41) is 11.9. The fourth-order valence-corrected chi connectivity index (χ4v) is 2.76. The van der Waals surface area contributed by atoms with E-state index >= 15 is 0 Å². The second kappa shape index (κ2) is 5.59. The zero-order valence-corrected chi connectivity index (χ0v) is 11.8. The molecule has 0 bridgehead atoms. The summed E-state index contributed by atoms with van der Waals surface area (Å²) in [5.74, 6) is 0.949. The van der Waals surface area contributed by atoms with Gasteiger partial charge in [0.25, 0.3) is 0 Å². The molecule has 0 aliphatic heterocycles. The molecule has 1 aliphatic carbocycles. The second-order valence-corrected chi connectivity index (χ2v) is 5.78. The van der Waals surface area contributed by atoms with E-state index in [9.17, 15) is 4.79 Å². The predicted molar refractivity (Wildman–Crippen MR) is 71.3 cm³/mol. The summed E-state index contributed by atoms with van der Waals surface area (Å²) in [6.07, 6.45) is 2.38. The molecule has 1 aliphatic rings. The van der Waals surface area contributed by atoms with Gasteiger partial charge in [0.2, 0.25) is 5.91 Å². The summed E-state index contributed by atoms with van der Waals surface area (Å²) in [5.41, 5.74) is 4.96. The predicted octanol–water partition coefficient (Wildman–Crippen LogP) is 1.65.